The third-order valence-electron chi connectivity index (χ3n) is 3.54. The monoisotopic (exact) mass is 311 g/mol. The molecule has 0 fully saturated rings. The summed E-state index contributed by atoms with van der Waals surface area (Å²) in [6.45, 7) is 9.87. The number of thiophene rings is 1. The Labute approximate surface area is 130 Å². The summed E-state index contributed by atoms with van der Waals surface area (Å²) < 4.78 is 2.96. The molecule has 0 aliphatic rings. The van der Waals surface area contributed by atoms with Crippen LogP contribution in [-0.4, -0.2) is 15.6 Å². The second-order valence-corrected chi connectivity index (χ2v) is 7.79. The van der Waals surface area contributed by atoms with Gasteiger partial charge in [0.05, 0.1) is 10.7 Å². The van der Waals surface area contributed by atoms with E-state index >= 15 is 0 Å². The van der Waals surface area contributed by atoms with Gasteiger partial charge < -0.3 is 9.88 Å². The Bertz CT molecular complexity index is 528. The first-order valence-corrected chi connectivity index (χ1v) is 8.08. The summed E-state index contributed by atoms with van der Waals surface area (Å²) in [6.07, 6.45) is 5.70. The van der Waals surface area contributed by atoms with Gasteiger partial charge in [-0.3, -0.25) is 0 Å². The summed E-state index contributed by atoms with van der Waals surface area (Å²) in [5.41, 5.74) is 1.41. The first-order chi connectivity index (χ1) is 9.36. The van der Waals surface area contributed by atoms with E-state index in [2.05, 4.69) is 47.9 Å². The zero-order chi connectivity index (χ0) is 14.8. The second kappa shape index (κ2) is 6.29. The van der Waals surface area contributed by atoms with Crippen LogP contribution < -0.4 is 5.32 Å². The van der Waals surface area contributed by atoms with Crippen LogP contribution >= 0.6 is 22.9 Å². The number of nitrogens with one attached hydrogen (secondary N) is 1. The third kappa shape index (κ3) is 4.08. The Hall–Kier alpha value is -0.840. The minimum atomic E-state index is 0.165. The molecule has 0 radical (unpaired) electrons. The van der Waals surface area contributed by atoms with Crippen molar-refractivity contribution in [1.29, 1.82) is 0 Å². The van der Waals surface area contributed by atoms with Crippen molar-refractivity contribution >= 4 is 22.9 Å². The first-order valence-electron chi connectivity index (χ1n) is 6.82. The molecule has 0 aliphatic heterocycles. The molecule has 0 aromatic carbocycles. The number of hydrogen-bond donors (Lipinski definition) is 1. The molecule has 20 heavy (non-hydrogen) atoms. The molecule has 0 saturated heterocycles. The van der Waals surface area contributed by atoms with Crippen LogP contribution in [-0.2, 0) is 6.54 Å². The fourth-order valence-corrected chi connectivity index (χ4v) is 3.12. The molecule has 3 nitrogen and oxygen atoms in total. The minimum Gasteiger partial charge on any atom is -0.336 e. The van der Waals surface area contributed by atoms with Gasteiger partial charge in [0.25, 0.3) is 0 Å². The maximum atomic E-state index is 6.02. The summed E-state index contributed by atoms with van der Waals surface area (Å²) in [5, 5.41) is 5.85. The van der Waals surface area contributed by atoms with Crippen molar-refractivity contribution < 1.29 is 0 Å². The van der Waals surface area contributed by atoms with Gasteiger partial charge >= 0.3 is 0 Å². The lowest BCUT2D eigenvalue weighted by Gasteiger charge is -2.34. The van der Waals surface area contributed by atoms with Gasteiger partial charge in [0.1, 0.15) is 0 Å². The van der Waals surface area contributed by atoms with E-state index < -0.39 is 0 Å². The SMILES string of the molecule is CC(NC(Cn1ccnc1)C(C)(C)C)c1csc(Cl)c1. The third-order valence-corrected chi connectivity index (χ3v) is 4.65. The van der Waals surface area contributed by atoms with Gasteiger partial charge in [0, 0.05) is 31.0 Å². The normalized spacial score (nSPS) is 15.2. The smallest absolute Gasteiger partial charge is 0.0946 e. The Kier molecular flexibility index (Phi) is 4.89. The van der Waals surface area contributed by atoms with Gasteiger partial charge in [-0.05, 0) is 29.3 Å². The Balaban J connectivity index is 2.08. The van der Waals surface area contributed by atoms with Crippen molar-refractivity contribution in [2.75, 3.05) is 0 Å². The summed E-state index contributed by atoms with van der Waals surface area (Å²) >= 11 is 7.61. The quantitative estimate of drug-likeness (QED) is 0.889. The highest BCUT2D eigenvalue weighted by atomic mass is 35.5. The number of rotatable bonds is 5. The largest absolute Gasteiger partial charge is 0.336 e. The molecule has 1 N–H and O–H groups in total. The molecule has 0 amide bonds. The van der Waals surface area contributed by atoms with Crippen LogP contribution in [0, 0.1) is 5.41 Å². The number of aromatic nitrogens is 2. The molecule has 2 unspecified atom stereocenters. The van der Waals surface area contributed by atoms with Crippen molar-refractivity contribution in [3.63, 3.8) is 0 Å². The predicted molar refractivity (Wildman–Crippen MR) is 86.3 cm³/mol. The molecule has 0 aliphatic carbocycles. The highest BCUT2D eigenvalue weighted by Gasteiger charge is 2.26. The molecule has 2 aromatic heterocycles. The average Bonchev–Trinajstić information content (AvgIpc) is 2.98. The van der Waals surface area contributed by atoms with Gasteiger partial charge in [-0.25, -0.2) is 4.98 Å². The molecule has 0 bridgehead atoms. The number of hydrogen-bond acceptors (Lipinski definition) is 3. The topological polar surface area (TPSA) is 29.9 Å². The van der Waals surface area contributed by atoms with E-state index in [1.807, 2.05) is 24.8 Å². The maximum absolute atomic E-state index is 6.02. The summed E-state index contributed by atoms with van der Waals surface area (Å²) in [4.78, 5) is 4.12. The highest BCUT2D eigenvalue weighted by Crippen LogP contribution is 2.28. The average molecular weight is 312 g/mol. The Morgan fingerprint density at radius 2 is 2.20 bits per heavy atom. The van der Waals surface area contributed by atoms with Crippen LogP contribution in [0.4, 0.5) is 0 Å². The zero-order valence-corrected chi connectivity index (χ0v) is 14.0. The highest BCUT2D eigenvalue weighted by molar-refractivity contribution is 7.14. The van der Waals surface area contributed by atoms with E-state index in [-0.39, 0.29) is 11.5 Å². The van der Waals surface area contributed by atoms with Gasteiger partial charge in [0.2, 0.25) is 0 Å². The molecular weight excluding hydrogens is 290 g/mol. The van der Waals surface area contributed by atoms with Crippen molar-refractivity contribution in [3.05, 3.63) is 40.1 Å². The van der Waals surface area contributed by atoms with E-state index in [0.717, 1.165) is 10.9 Å². The van der Waals surface area contributed by atoms with Crippen LogP contribution in [0.2, 0.25) is 4.34 Å². The lowest BCUT2D eigenvalue weighted by molar-refractivity contribution is 0.226. The summed E-state index contributed by atoms with van der Waals surface area (Å²) in [7, 11) is 0. The Morgan fingerprint density at radius 3 is 2.70 bits per heavy atom. The van der Waals surface area contributed by atoms with Gasteiger partial charge in [-0.1, -0.05) is 32.4 Å². The zero-order valence-electron chi connectivity index (χ0n) is 12.4. The van der Waals surface area contributed by atoms with Crippen molar-refractivity contribution in [2.24, 2.45) is 5.41 Å². The molecule has 2 atom stereocenters. The lowest BCUT2D eigenvalue weighted by atomic mass is 9.86. The lowest BCUT2D eigenvalue weighted by Crippen LogP contribution is -2.44. The van der Waals surface area contributed by atoms with Gasteiger partial charge in [-0.2, -0.15) is 0 Å². The molecule has 2 rings (SSSR count). The van der Waals surface area contributed by atoms with Crippen LogP contribution in [0.1, 0.15) is 39.3 Å². The molecule has 2 heterocycles. The summed E-state index contributed by atoms with van der Waals surface area (Å²) in [6, 6.07) is 2.68. The molecule has 0 saturated carbocycles. The van der Waals surface area contributed by atoms with E-state index in [1.165, 1.54) is 5.56 Å². The van der Waals surface area contributed by atoms with Gasteiger partial charge in [0.15, 0.2) is 0 Å². The van der Waals surface area contributed by atoms with Crippen LogP contribution in [0.3, 0.4) is 0 Å². The summed E-state index contributed by atoms with van der Waals surface area (Å²) in [5.74, 6) is 0. The number of imidazole rings is 1. The van der Waals surface area contributed by atoms with E-state index in [0.29, 0.717) is 6.04 Å². The van der Waals surface area contributed by atoms with Crippen molar-refractivity contribution in [2.45, 2.75) is 46.3 Å². The standard InChI is InChI=1S/C15H22ClN3S/c1-11(12-7-14(16)20-9-12)18-13(15(2,3)4)8-19-6-5-17-10-19/h5-7,9-11,13,18H,8H2,1-4H3. The predicted octanol–water partition coefficient (Wildman–Crippen LogP) is 4.36. The van der Waals surface area contributed by atoms with Crippen molar-refractivity contribution in [3.8, 4) is 0 Å². The van der Waals surface area contributed by atoms with Crippen LogP contribution in [0.25, 0.3) is 0 Å². The molecular formula is C15H22ClN3S. The van der Waals surface area contributed by atoms with E-state index in [9.17, 15) is 0 Å². The molecule has 110 valence electrons. The molecule has 2 aromatic rings. The van der Waals surface area contributed by atoms with Crippen molar-refractivity contribution in [1.82, 2.24) is 14.9 Å². The second-order valence-electron chi connectivity index (χ2n) is 6.25. The van der Waals surface area contributed by atoms with E-state index in [1.54, 1.807) is 11.3 Å². The fraction of sp³-hybridized carbons (Fsp3) is 0.533. The van der Waals surface area contributed by atoms with Crippen LogP contribution in [0.15, 0.2) is 30.2 Å². The van der Waals surface area contributed by atoms with E-state index in [4.69, 9.17) is 11.6 Å². The maximum Gasteiger partial charge on any atom is 0.0946 e. The van der Waals surface area contributed by atoms with Crippen LogP contribution in [0.5, 0.6) is 0 Å². The minimum absolute atomic E-state index is 0.165. The number of halogens is 1. The fourth-order valence-electron chi connectivity index (χ4n) is 2.13. The first kappa shape index (κ1) is 15.5. The number of nitrogens with zero attached hydrogens (tertiary/aromatic N) is 2. The molecule has 0 spiro atoms. The Morgan fingerprint density at radius 1 is 1.45 bits per heavy atom. The molecule has 5 heteroatoms. The van der Waals surface area contributed by atoms with Gasteiger partial charge in [-0.15, -0.1) is 11.3 Å².